The van der Waals surface area contributed by atoms with Gasteiger partial charge < -0.3 is 9.84 Å². The maximum absolute atomic E-state index is 11.9. The summed E-state index contributed by atoms with van der Waals surface area (Å²) < 4.78 is 27.3. The number of aliphatic carboxylic acids is 1. The van der Waals surface area contributed by atoms with Crippen LogP contribution in [0.3, 0.4) is 0 Å². The van der Waals surface area contributed by atoms with E-state index in [-0.39, 0.29) is 12.4 Å². The highest BCUT2D eigenvalue weighted by atomic mass is 32.2. The summed E-state index contributed by atoms with van der Waals surface area (Å²) in [6.07, 6.45) is 0. The van der Waals surface area contributed by atoms with Gasteiger partial charge in [-0.1, -0.05) is 17.7 Å². The molecule has 0 amide bonds. The lowest BCUT2D eigenvalue weighted by molar-refractivity contribution is -0.139. The summed E-state index contributed by atoms with van der Waals surface area (Å²) in [6.45, 7) is 4.22. The van der Waals surface area contributed by atoms with Crippen LogP contribution in [0.4, 0.5) is 0 Å². The first-order valence-electron chi connectivity index (χ1n) is 5.82. The van der Waals surface area contributed by atoms with E-state index in [1.165, 1.54) is 13.8 Å². The van der Waals surface area contributed by atoms with Crippen LogP contribution < -0.4 is 4.74 Å². The molecule has 0 aliphatic heterocycles. The minimum absolute atomic E-state index is 0.0674. The molecule has 0 atom stereocenters. The number of ether oxygens (including phenoxy) is 1. The van der Waals surface area contributed by atoms with Crippen molar-refractivity contribution in [2.24, 2.45) is 0 Å². The number of aryl methyl sites for hydroxylation is 1. The molecule has 0 heterocycles. The van der Waals surface area contributed by atoms with E-state index in [1.54, 1.807) is 12.1 Å². The minimum atomic E-state index is -3.76. The first-order valence-corrected chi connectivity index (χ1v) is 7.47. The molecule has 0 unspecified atom stereocenters. The molecular formula is C13H18O5S. The molecule has 5 nitrogen and oxygen atoms in total. The van der Waals surface area contributed by atoms with Gasteiger partial charge in [0.2, 0.25) is 0 Å². The maximum Gasteiger partial charge on any atom is 0.324 e. The molecule has 0 bridgehead atoms. The Morgan fingerprint density at radius 3 is 2.26 bits per heavy atom. The topological polar surface area (TPSA) is 80.7 Å². The third kappa shape index (κ3) is 3.70. The number of hydrogen-bond donors (Lipinski definition) is 1. The Kier molecular flexibility index (Phi) is 4.57. The molecule has 0 fully saturated rings. The second kappa shape index (κ2) is 5.61. The molecule has 0 aromatic heterocycles. The molecular weight excluding hydrogens is 268 g/mol. The van der Waals surface area contributed by atoms with Crippen LogP contribution in [0.2, 0.25) is 0 Å². The molecule has 0 aliphatic carbocycles. The predicted octanol–water partition coefficient (Wildman–Crippen LogP) is 1.65. The van der Waals surface area contributed by atoms with Crippen LogP contribution in [0.1, 0.15) is 19.4 Å². The summed E-state index contributed by atoms with van der Waals surface area (Å²) in [7, 11) is -3.76. The fraction of sp³-hybridized carbons (Fsp3) is 0.462. The number of carbonyl (C=O) groups is 1. The van der Waals surface area contributed by atoms with Crippen LogP contribution >= 0.6 is 0 Å². The Morgan fingerprint density at radius 2 is 1.79 bits per heavy atom. The second-order valence-corrected chi connectivity index (χ2v) is 7.45. The van der Waals surface area contributed by atoms with Gasteiger partial charge in [0.25, 0.3) is 0 Å². The van der Waals surface area contributed by atoms with Crippen molar-refractivity contribution in [2.75, 3.05) is 12.4 Å². The van der Waals surface area contributed by atoms with Gasteiger partial charge in [-0.15, -0.1) is 0 Å². The molecule has 0 aliphatic rings. The molecule has 0 saturated carbocycles. The van der Waals surface area contributed by atoms with Crippen LogP contribution in [0, 0.1) is 6.92 Å². The fourth-order valence-corrected chi connectivity index (χ4v) is 2.37. The third-order valence-corrected chi connectivity index (χ3v) is 5.37. The largest absolute Gasteiger partial charge is 0.493 e. The Hall–Kier alpha value is -1.56. The fourth-order valence-electron chi connectivity index (χ4n) is 1.29. The summed E-state index contributed by atoms with van der Waals surface area (Å²) in [5.74, 6) is -1.13. The van der Waals surface area contributed by atoms with Crippen molar-refractivity contribution < 1.29 is 23.1 Å². The van der Waals surface area contributed by atoms with Crippen molar-refractivity contribution in [2.45, 2.75) is 25.5 Å². The molecule has 6 heteroatoms. The van der Waals surface area contributed by atoms with Crippen molar-refractivity contribution in [1.29, 1.82) is 0 Å². The van der Waals surface area contributed by atoms with Gasteiger partial charge in [-0.25, -0.2) is 8.42 Å². The number of hydrogen-bond acceptors (Lipinski definition) is 4. The smallest absolute Gasteiger partial charge is 0.324 e. The standard InChI is InChI=1S/C13H18O5S/c1-10-4-6-11(7-5-10)18-8-9-19(16,17)13(2,3)12(14)15/h4-7H,8-9H2,1-3H3,(H,14,15). The lowest BCUT2D eigenvalue weighted by Gasteiger charge is -2.19. The van der Waals surface area contributed by atoms with Gasteiger partial charge in [-0.2, -0.15) is 0 Å². The highest BCUT2D eigenvalue weighted by Gasteiger charge is 2.41. The molecule has 1 rings (SSSR count). The van der Waals surface area contributed by atoms with E-state index in [0.29, 0.717) is 5.75 Å². The summed E-state index contributed by atoms with van der Waals surface area (Å²) in [4.78, 5) is 10.9. The van der Waals surface area contributed by atoms with Crippen LogP contribution in [-0.2, 0) is 14.6 Å². The van der Waals surface area contributed by atoms with E-state index in [4.69, 9.17) is 9.84 Å². The average Bonchev–Trinajstić information content (AvgIpc) is 2.31. The van der Waals surface area contributed by atoms with Crippen molar-refractivity contribution >= 4 is 15.8 Å². The Balaban J connectivity index is 2.62. The van der Waals surface area contributed by atoms with Crippen LogP contribution in [0.5, 0.6) is 5.75 Å². The van der Waals surface area contributed by atoms with E-state index in [2.05, 4.69) is 0 Å². The van der Waals surface area contributed by atoms with E-state index in [1.807, 2.05) is 19.1 Å². The molecule has 0 saturated heterocycles. The van der Waals surface area contributed by atoms with E-state index >= 15 is 0 Å². The van der Waals surface area contributed by atoms with E-state index < -0.39 is 20.6 Å². The third-order valence-electron chi connectivity index (χ3n) is 2.93. The zero-order valence-electron chi connectivity index (χ0n) is 11.2. The first-order chi connectivity index (χ1) is 8.67. The molecule has 106 valence electrons. The summed E-state index contributed by atoms with van der Waals surface area (Å²) in [6, 6.07) is 7.19. The zero-order chi connectivity index (χ0) is 14.7. The van der Waals surface area contributed by atoms with Gasteiger partial charge in [0, 0.05) is 0 Å². The van der Waals surface area contributed by atoms with Gasteiger partial charge in [-0.05, 0) is 32.9 Å². The molecule has 19 heavy (non-hydrogen) atoms. The molecule has 1 aromatic carbocycles. The number of sulfone groups is 1. The Labute approximate surface area is 113 Å². The quantitative estimate of drug-likeness (QED) is 0.860. The highest BCUT2D eigenvalue weighted by Crippen LogP contribution is 2.18. The monoisotopic (exact) mass is 286 g/mol. The lowest BCUT2D eigenvalue weighted by atomic mass is 10.2. The van der Waals surface area contributed by atoms with E-state index in [0.717, 1.165) is 5.56 Å². The Morgan fingerprint density at radius 1 is 1.26 bits per heavy atom. The van der Waals surface area contributed by atoms with Gasteiger partial charge in [0.05, 0.1) is 5.75 Å². The van der Waals surface area contributed by atoms with Gasteiger partial charge in [0.1, 0.15) is 12.4 Å². The summed E-state index contributed by atoms with van der Waals surface area (Å²) in [5, 5.41) is 8.90. The molecule has 0 radical (unpaired) electrons. The van der Waals surface area contributed by atoms with Crippen molar-refractivity contribution in [3.8, 4) is 5.75 Å². The average molecular weight is 286 g/mol. The number of carboxylic acid groups (broad SMARTS) is 1. The Bertz CT molecular complexity index is 543. The highest BCUT2D eigenvalue weighted by molar-refractivity contribution is 7.93. The lowest BCUT2D eigenvalue weighted by Crippen LogP contribution is -2.42. The number of carboxylic acids is 1. The molecule has 0 spiro atoms. The maximum atomic E-state index is 11.9. The van der Waals surface area contributed by atoms with Crippen molar-refractivity contribution in [3.05, 3.63) is 29.8 Å². The normalized spacial score (nSPS) is 12.2. The van der Waals surface area contributed by atoms with Crippen LogP contribution in [-0.4, -0.2) is 36.6 Å². The number of benzene rings is 1. The van der Waals surface area contributed by atoms with Gasteiger partial charge in [0.15, 0.2) is 14.6 Å². The zero-order valence-corrected chi connectivity index (χ0v) is 12.0. The summed E-state index contributed by atoms with van der Waals surface area (Å²) in [5.41, 5.74) is 1.08. The minimum Gasteiger partial charge on any atom is -0.493 e. The molecule has 1 aromatic rings. The SMILES string of the molecule is Cc1ccc(OCCS(=O)(=O)C(C)(C)C(=O)O)cc1. The number of rotatable bonds is 6. The second-order valence-electron chi connectivity index (χ2n) is 4.80. The summed E-state index contributed by atoms with van der Waals surface area (Å²) >= 11 is 0. The predicted molar refractivity (Wildman–Crippen MR) is 72.2 cm³/mol. The van der Waals surface area contributed by atoms with Crippen LogP contribution in [0.25, 0.3) is 0 Å². The van der Waals surface area contributed by atoms with E-state index in [9.17, 15) is 13.2 Å². The molecule has 1 N–H and O–H groups in total. The van der Waals surface area contributed by atoms with Gasteiger partial charge in [-0.3, -0.25) is 4.79 Å². The van der Waals surface area contributed by atoms with Crippen molar-refractivity contribution in [3.63, 3.8) is 0 Å². The van der Waals surface area contributed by atoms with Crippen molar-refractivity contribution in [1.82, 2.24) is 0 Å². The van der Waals surface area contributed by atoms with Gasteiger partial charge >= 0.3 is 5.97 Å². The van der Waals surface area contributed by atoms with Crippen LogP contribution in [0.15, 0.2) is 24.3 Å². The first kappa shape index (κ1) is 15.5.